The summed E-state index contributed by atoms with van der Waals surface area (Å²) in [4.78, 5) is 21.5. The Balaban J connectivity index is 3.35. The fraction of sp³-hybridized carbons (Fsp3) is 0.750. The Kier molecular flexibility index (Phi) is 7.39. The summed E-state index contributed by atoms with van der Waals surface area (Å²) in [5.74, 6) is -0.927. The molecule has 0 saturated heterocycles. The molecule has 0 aliphatic carbocycles. The van der Waals surface area contributed by atoms with E-state index in [1.165, 1.54) is 0 Å². The van der Waals surface area contributed by atoms with Gasteiger partial charge in [-0.15, -0.1) is 11.6 Å². The number of amides is 1. The molecule has 0 aliphatic rings. The first kappa shape index (κ1) is 12.2. The standard InChI is InChI=1S/C8H14ClNO3/c1-2-3-4-13-8(12)6-10-7(11)5-9/h2-6H2,1H3,(H,10,11). The number of hydrogen-bond acceptors (Lipinski definition) is 3. The van der Waals surface area contributed by atoms with Gasteiger partial charge in [0.1, 0.15) is 12.4 Å². The maximum Gasteiger partial charge on any atom is 0.325 e. The summed E-state index contributed by atoms with van der Waals surface area (Å²) in [6, 6.07) is 0. The Hall–Kier alpha value is -0.770. The molecule has 0 spiro atoms. The number of esters is 1. The van der Waals surface area contributed by atoms with Gasteiger partial charge >= 0.3 is 5.97 Å². The number of hydrogen-bond donors (Lipinski definition) is 1. The smallest absolute Gasteiger partial charge is 0.325 e. The molecule has 0 radical (unpaired) electrons. The molecule has 0 bridgehead atoms. The van der Waals surface area contributed by atoms with Crippen LogP contribution in [0, 0.1) is 0 Å². The van der Waals surface area contributed by atoms with Gasteiger partial charge in [0.15, 0.2) is 0 Å². The lowest BCUT2D eigenvalue weighted by Crippen LogP contribution is -2.31. The van der Waals surface area contributed by atoms with Gasteiger partial charge in [-0.1, -0.05) is 13.3 Å². The van der Waals surface area contributed by atoms with Crippen LogP contribution in [0.4, 0.5) is 0 Å². The number of carbonyl (C=O) groups is 2. The van der Waals surface area contributed by atoms with E-state index in [1.807, 2.05) is 6.92 Å². The maximum atomic E-state index is 10.9. The predicted molar refractivity (Wildman–Crippen MR) is 49.6 cm³/mol. The Morgan fingerprint density at radius 1 is 1.46 bits per heavy atom. The van der Waals surface area contributed by atoms with Crippen molar-refractivity contribution in [1.82, 2.24) is 5.32 Å². The van der Waals surface area contributed by atoms with E-state index < -0.39 is 5.97 Å². The normalized spacial score (nSPS) is 9.38. The second-order valence-electron chi connectivity index (χ2n) is 2.48. The van der Waals surface area contributed by atoms with Crippen molar-refractivity contribution in [2.45, 2.75) is 19.8 Å². The third-order valence-corrected chi connectivity index (χ3v) is 1.55. The van der Waals surface area contributed by atoms with E-state index in [1.54, 1.807) is 0 Å². The molecule has 0 fully saturated rings. The van der Waals surface area contributed by atoms with E-state index in [2.05, 4.69) is 5.32 Å². The minimum atomic E-state index is -0.424. The van der Waals surface area contributed by atoms with Crippen LogP contribution in [0.25, 0.3) is 0 Å². The minimum absolute atomic E-state index is 0.102. The van der Waals surface area contributed by atoms with Crippen LogP contribution >= 0.6 is 11.6 Å². The zero-order chi connectivity index (χ0) is 10.1. The highest BCUT2D eigenvalue weighted by atomic mass is 35.5. The maximum absolute atomic E-state index is 10.9. The third kappa shape index (κ3) is 7.59. The van der Waals surface area contributed by atoms with Gasteiger partial charge < -0.3 is 10.1 Å². The van der Waals surface area contributed by atoms with Crippen LogP contribution in [-0.4, -0.2) is 30.9 Å². The Bertz CT molecular complexity index is 173. The topological polar surface area (TPSA) is 55.4 Å². The van der Waals surface area contributed by atoms with Crippen molar-refractivity contribution in [3.8, 4) is 0 Å². The van der Waals surface area contributed by atoms with Crippen LogP contribution < -0.4 is 5.32 Å². The summed E-state index contributed by atoms with van der Waals surface area (Å²) in [7, 11) is 0. The van der Waals surface area contributed by atoms with Crippen LogP contribution in [0.3, 0.4) is 0 Å². The average Bonchev–Trinajstić information content (AvgIpc) is 2.14. The van der Waals surface area contributed by atoms with E-state index >= 15 is 0 Å². The highest BCUT2D eigenvalue weighted by Crippen LogP contribution is 1.87. The second-order valence-corrected chi connectivity index (χ2v) is 2.75. The highest BCUT2D eigenvalue weighted by Gasteiger charge is 2.04. The molecule has 76 valence electrons. The minimum Gasteiger partial charge on any atom is -0.464 e. The van der Waals surface area contributed by atoms with E-state index in [9.17, 15) is 9.59 Å². The molecule has 0 aromatic carbocycles. The third-order valence-electron chi connectivity index (χ3n) is 1.31. The van der Waals surface area contributed by atoms with Crippen molar-refractivity contribution in [1.29, 1.82) is 0 Å². The number of alkyl halides is 1. The summed E-state index contributed by atoms with van der Waals surface area (Å²) in [6.07, 6.45) is 1.82. The number of rotatable bonds is 6. The first-order valence-corrected chi connectivity index (χ1v) is 4.72. The first-order chi connectivity index (χ1) is 6.20. The molecule has 0 aromatic rings. The van der Waals surface area contributed by atoms with Crippen LogP contribution in [0.5, 0.6) is 0 Å². The molecule has 1 amide bonds. The monoisotopic (exact) mass is 207 g/mol. The van der Waals surface area contributed by atoms with Gasteiger partial charge in [0.25, 0.3) is 0 Å². The molecule has 5 heteroatoms. The summed E-state index contributed by atoms with van der Waals surface area (Å²) >= 11 is 5.20. The van der Waals surface area contributed by atoms with Crippen LogP contribution in [0.2, 0.25) is 0 Å². The molecular weight excluding hydrogens is 194 g/mol. The molecule has 0 atom stereocenters. The van der Waals surface area contributed by atoms with Crippen LogP contribution in [0.15, 0.2) is 0 Å². The Labute approximate surface area is 82.6 Å². The fourth-order valence-electron chi connectivity index (χ4n) is 0.599. The predicted octanol–water partition coefficient (Wildman–Crippen LogP) is 0.685. The van der Waals surface area contributed by atoms with Crippen molar-refractivity contribution in [2.75, 3.05) is 19.0 Å². The van der Waals surface area contributed by atoms with Crippen molar-refractivity contribution in [3.63, 3.8) is 0 Å². The van der Waals surface area contributed by atoms with Gasteiger partial charge in [-0.05, 0) is 6.42 Å². The van der Waals surface area contributed by atoms with Crippen LogP contribution in [-0.2, 0) is 14.3 Å². The van der Waals surface area contributed by atoms with Crippen molar-refractivity contribution in [3.05, 3.63) is 0 Å². The first-order valence-electron chi connectivity index (χ1n) is 4.19. The molecule has 0 unspecified atom stereocenters. The molecule has 0 rings (SSSR count). The molecule has 13 heavy (non-hydrogen) atoms. The second kappa shape index (κ2) is 7.86. The lowest BCUT2D eigenvalue weighted by atomic mass is 10.4. The molecule has 0 aliphatic heterocycles. The molecule has 4 nitrogen and oxygen atoms in total. The van der Waals surface area contributed by atoms with Crippen molar-refractivity contribution >= 4 is 23.5 Å². The highest BCUT2D eigenvalue weighted by molar-refractivity contribution is 6.27. The van der Waals surface area contributed by atoms with E-state index in [0.717, 1.165) is 12.8 Å². The number of unbranched alkanes of at least 4 members (excludes halogenated alkanes) is 1. The van der Waals surface area contributed by atoms with Gasteiger partial charge in [0, 0.05) is 0 Å². The van der Waals surface area contributed by atoms with Crippen molar-refractivity contribution in [2.24, 2.45) is 0 Å². The lowest BCUT2D eigenvalue weighted by Gasteiger charge is -2.03. The summed E-state index contributed by atoms with van der Waals surface area (Å²) in [5, 5.41) is 2.31. The Morgan fingerprint density at radius 3 is 2.69 bits per heavy atom. The van der Waals surface area contributed by atoms with E-state index in [-0.39, 0.29) is 18.3 Å². The zero-order valence-electron chi connectivity index (χ0n) is 7.64. The summed E-state index contributed by atoms with van der Waals surface area (Å²) < 4.78 is 4.78. The average molecular weight is 208 g/mol. The Morgan fingerprint density at radius 2 is 2.15 bits per heavy atom. The van der Waals surface area contributed by atoms with Gasteiger partial charge in [0.05, 0.1) is 6.61 Å². The quantitative estimate of drug-likeness (QED) is 0.396. The number of carbonyl (C=O) groups excluding carboxylic acids is 2. The molecule has 0 aromatic heterocycles. The fourth-order valence-corrected chi connectivity index (χ4v) is 0.694. The van der Waals surface area contributed by atoms with E-state index in [4.69, 9.17) is 16.3 Å². The van der Waals surface area contributed by atoms with Gasteiger partial charge in [-0.2, -0.15) is 0 Å². The molecule has 1 N–H and O–H groups in total. The summed E-state index contributed by atoms with van der Waals surface area (Å²) in [6.45, 7) is 2.31. The zero-order valence-corrected chi connectivity index (χ0v) is 8.39. The molecule has 0 saturated carbocycles. The molecular formula is C8H14ClNO3. The number of halogens is 1. The number of nitrogens with one attached hydrogen (secondary N) is 1. The summed E-state index contributed by atoms with van der Waals surface area (Å²) in [5.41, 5.74) is 0. The SMILES string of the molecule is CCCCOC(=O)CNC(=O)CCl. The molecule has 0 heterocycles. The van der Waals surface area contributed by atoms with Crippen molar-refractivity contribution < 1.29 is 14.3 Å². The van der Waals surface area contributed by atoms with E-state index in [0.29, 0.717) is 6.61 Å². The number of ether oxygens (including phenoxy) is 1. The largest absolute Gasteiger partial charge is 0.464 e. The van der Waals surface area contributed by atoms with Gasteiger partial charge in [0.2, 0.25) is 5.91 Å². The van der Waals surface area contributed by atoms with Gasteiger partial charge in [-0.25, -0.2) is 0 Å². The lowest BCUT2D eigenvalue weighted by molar-refractivity contribution is -0.143. The van der Waals surface area contributed by atoms with Gasteiger partial charge in [-0.3, -0.25) is 9.59 Å². The van der Waals surface area contributed by atoms with Crippen LogP contribution in [0.1, 0.15) is 19.8 Å².